The summed E-state index contributed by atoms with van der Waals surface area (Å²) < 4.78 is 2.31. The lowest BCUT2D eigenvalue weighted by Gasteiger charge is -2.15. The molecule has 0 unspecified atom stereocenters. The number of pyridine rings is 2. The van der Waals surface area contributed by atoms with E-state index in [1.54, 1.807) is 0 Å². The lowest BCUT2D eigenvalue weighted by molar-refractivity contribution is 1.08. The molecule has 0 aliphatic rings. The third-order valence-corrected chi connectivity index (χ3v) is 5.51. The standard InChI is InChI=1S/C24H21N3/c1-3-16-8-7-9-17(4-2)23(16)22-15-26-24-19-11-6-5-10-18(19)20-14-25-13-12-21(20)27(22)24/h5-15H,3-4H2,1-2H3. The normalized spacial score (nSPS) is 11.6. The lowest BCUT2D eigenvalue weighted by atomic mass is 9.95. The Kier molecular flexibility index (Phi) is 3.68. The van der Waals surface area contributed by atoms with Crippen molar-refractivity contribution >= 4 is 27.3 Å². The SMILES string of the molecule is CCc1cccc(CC)c1-c1cnc2c3ccccc3c3cnccc3n12. The first-order chi connectivity index (χ1) is 13.3. The van der Waals surface area contributed by atoms with Crippen LogP contribution in [0.5, 0.6) is 0 Å². The van der Waals surface area contributed by atoms with Crippen LogP contribution in [-0.4, -0.2) is 14.4 Å². The molecular weight excluding hydrogens is 330 g/mol. The van der Waals surface area contributed by atoms with Gasteiger partial charge in [0, 0.05) is 28.7 Å². The van der Waals surface area contributed by atoms with Crippen LogP contribution in [0.1, 0.15) is 25.0 Å². The smallest absolute Gasteiger partial charge is 0.145 e. The molecule has 0 saturated carbocycles. The van der Waals surface area contributed by atoms with Gasteiger partial charge in [0.05, 0.1) is 17.4 Å². The summed E-state index contributed by atoms with van der Waals surface area (Å²) in [5.74, 6) is 0. The van der Waals surface area contributed by atoms with Crippen LogP contribution in [0.3, 0.4) is 0 Å². The highest BCUT2D eigenvalue weighted by atomic mass is 15.0. The third-order valence-electron chi connectivity index (χ3n) is 5.51. The van der Waals surface area contributed by atoms with Crippen LogP contribution >= 0.6 is 0 Å². The molecule has 0 N–H and O–H groups in total. The van der Waals surface area contributed by atoms with E-state index in [-0.39, 0.29) is 0 Å². The van der Waals surface area contributed by atoms with Crippen molar-refractivity contribution < 1.29 is 0 Å². The molecule has 5 rings (SSSR count). The highest BCUT2D eigenvalue weighted by molar-refractivity contribution is 6.12. The summed E-state index contributed by atoms with van der Waals surface area (Å²) in [4.78, 5) is 9.26. The molecule has 0 bridgehead atoms. The second-order valence-electron chi connectivity index (χ2n) is 6.90. The summed E-state index contributed by atoms with van der Waals surface area (Å²) in [6.45, 7) is 4.44. The van der Waals surface area contributed by atoms with Crippen molar-refractivity contribution in [3.63, 3.8) is 0 Å². The molecule has 27 heavy (non-hydrogen) atoms. The molecule has 0 saturated heterocycles. The summed E-state index contributed by atoms with van der Waals surface area (Å²) in [6.07, 6.45) is 7.88. The number of fused-ring (bicyclic) bond motifs is 6. The molecule has 0 amide bonds. The monoisotopic (exact) mass is 351 g/mol. The van der Waals surface area contributed by atoms with Crippen LogP contribution in [0.25, 0.3) is 38.6 Å². The van der Waals surface area contributed by atoms with Crippen LogP contribution < -0.4 is 0 Å². The fourth-order valence-electron chi connectivity index (χ4n) is 4.24. The van der Waals surface area contributed by atoms with Crippen LogP contribution in [-0.2, 0) is 12.8 Å². The number of imidazole rings is 1. The van der Waals surface area contributed by atoms with Crippen molar-refractivity contribution in [1.29, 1.82) is 0 Å². The van der Waals surface area contributed by atoms with Gasteiger partial charge in [0.2, 0.25) is 0 Å². The van der Waals surface area contributed by atoms with E-state index in [1.165, 1.54) is 27.8 Å². The maximum atomic E-state index is 4.87. The zero-order valence-electron chi connectivity index (χ0n) is 15.6. The fraction of sp³-hybridized carbons (Fsp3) is 0.167. The Labute approximate surface area is 158 Å². The molecule has 0 aliphatic carbocycles. The largest absolute Gasteiger partial charge is 0.292 e. The lowest BCUT2D eigenvalue weighted by Crippen LogP contribution is -1.99. The van der Waals surface area contributed by atoms with Crippen LogP contribution in [0.2, 0.25) is 0 Å². The molecular formula is C24H21N3. The third kappa shape index (κ3) is 2.28. The minimum absolute atomic E-state index is 1.00. The second-order valence-corrected chi connectivity index (χ2v) is 6.90. The van der Waals surface area contributed by atoms with E-state index in [2.05, 4.69) is 71.8 Å². The Morgan fingerprint density at radius 3 is 2.26 bits per heavy atom. The quantitative estimate of drug-likeness (QED) is 0.383. The molecule has 3 aromatic heterocycles. The number of rotatable bonds is 3. The molecule has 0 aliphatic heterocycles. The number of hydrogen-bond donors (Lipinski definition) is 0. The number of benzene rings is 2. The summed E-state index contributed by atoms with van der Waals surface area (Å²) >= 11 is 0. The number of hydrogen-bond acceptors (Lipinski definition) is 2. The van der Waals surface area contributed by atoms with Crippen LogP contribution in [0, 0.1) is 0 Å². The summed E-state index contributed by atoms with van der Waals surface area (Å²) in [6, 6.07) is 17.2. The van der Waals surface area contributed by atoms with Crippen LogP contribution in [0.4, 0.5) is 0 Å². The van der Waals surface area contributed by atoms with Gasteiger partial charge in [-0.05, 0) is 35.4 Å². The molecule has 0 spiro atoms. The highest BCUT2D eigenvalue weighted by Crippen LogP contribution is 2.35. The Hall–Kier alpha value is -3.20. The Bertz CT molecular complexity index is 1280. The highest BCUT2D eigenvalue weighted by Gasteiger charge is 2.17. The number of aromatic nitrogens is 3. The van der Waals surface area contributed by atoms with E-state index < -0.39 is 0 Å². The molecule has 0 fully saturated rings. The van der Waals surface area contributed by atoms with Crippen molar-refractivity contribution in [2.45, 2.75) is 26.7 Å². The van der Waals surface area contributed by atoms with E-state index in [4.69, 9.17) is 4.98 Å². The molecule has 0 radical (unpaired) electrons. The van der Waals surface area contributed by atoms with Gasteiger partial charge in [-0.2, -0.15) is 0 Å². The Morgan fingerprint density at radius 1 is 0.778 bits per heavy atom. The Morgan fingerprint density at radius 2 is 1.52 bits per heavy atom. The van der Waals surface area contributed by atoms with Gasteiger partial charge in [-0.1, -0.05) is 56.3 Å². The van der Waals surface area contributed by atoms with Gasteiger partial charge in [-0.15, -0.1) is 0 Å². The maximum absolute atomic E-state index is 4.87. The van der Waals surface area contributed by atoms with Gasteiger partial charge in [-0.3, -0.25) is 9.38 Å². The van der Waals surface area contributed by atoms with Gasteiger partial charge >= 0.3 is 0 Å². The summed E-state index contributed by atoms with van der Waals surface area (Å²) in [7, 11) is 0. The van der Waals surface area contributed by atoms with Crippen molar-refractivity contribution in [1.82, 2.24) is 14.4 Å². The van der Waals surface area contributed by atoms with Gasteiger partial charge in [-0.25, -0.2) is 4.98 Å². The van der Waals surface area contributed by atoms with E-state index >= 15 is 0 Å². The van der Waals surface area contributed by atoms with Crippen molar-refractivity contribution in [2.75, 3.05) is 0 Å². The number of nitrogens with zero attached hydrogens (tertiary/aromatic N) is 3. The molecule has 3 heterocycles. The van der Waals surface area contributed by atoms with Crippen LogP contribution in [0.15, 0.2) is 67.1 Å². The van der Waals surface area contributed by atoms with Gasteiger partial charge in [0.25, 0.3) is 0 Å². The van der Waals surface area contributed by atoms with Gasteiger partial charge in [0.15, 0.2) is 0 Å². The van der Waals surface area contributed by atoms with E-state index in [0.29, 0.717) is 0 Å². The first-order valence-corrected chi connectivity index (χ1v) is 9.56. The first kappa shape index (κ1) is 16.0. The summed E-state index contributed by atoms with van der Waals surface area (Å²) in [5, 5.41) is 3.52. The molecule has 0 atom stereocenters. The molecule has 3 heteroatoms. The average molecular weight is 351 g/mol. The van der Waals surface area contributed by atoms with Crippen molar-refractivity contribution in [3.05, 3.63) is 78.2 Å². The molecule has 132 valence electrons. The molecule has 5 aromatic rings. The molecule has 3 nitrogen and oxygen atoms in total. The zero-order chi connectivity index (χ0) is 18.4. The number of aryl methyl sites for hydroxylation is 2. The second kappa shape index (κ2) is 6.20. The van der Waals surface area contributed by atoms with E-state index in [1.807, 2.05) is 18.6 Å². The van der Waals surface area contributed by atoms with E-state index in [0.717, 1.165) is 34.8 Å². The zero-order valence-corrected chi connectivity index (χ0v) is 15.6. The Balaban J connectivity index is 2.01. The molecule has 2 aromatic carbocycles. The van der Waals surface area contributed by atoms with Crippen molar-refractivity contribution in [2.24, 2.45) is 0 Å². The average Bonchev–Trinajstić information content (AvgIpc) is 3.18. The summed E-state index contributed by atoms with van der Waals surface area (Å²) in [5.41, 5.74) is 7.38. The minimum Gasteiger partial charge on any atom is -0.292 e. The fourth-order valence-corrected chi connectivity index (χ4v) is 4.24. The van der Waals surface area contributed by atoms with Crippen molar-refractivity contribution in [3.8, 4) is 11.3 Å². The minimum atomic E-state index is 1.00. The predicted octanol–water partition coefficient (Wildman–Crippen LogP) is 5.83. The van der Waals surface area contributed by atoms with Gasteiger partial charge in [0.1, 0.15) is 5.65 Å². The van der Waals surface area contributed by atoms with E-state index in [9.17, 15) is 0 Å². The van der Waals surface area contributed by atoms with Gasteiger partial charge < -0.3 is 0 Å². The predicted molar refractivity (Wildman–Crippen MR) is 112 cm³/mol. The topological polar surface area (TPSA) is 30.2 Å². The first-order valence-electron chi connectivity index (χ1n) is 9.56. The maximum Gasteiger partial charge on any atom is 0.145 e.